The summed E-state index contributed by atoms with van der Waals surface area (Å²) in [7, 11) is 3.10. The van der Waals surface area contributed by atoms with E-state index in [1.54, 1.807) is 33.5 Å². The van der Waals surface area contributed by atoms with Crippen LogP contribution >= 0.6 is 24.8 Å². The second-order valence-electron chi connectivity index (χ2n) is 17.2. The van der Waals surface area contributed by atoms with Gasteiger partial charge in [-0.3, -0.25) is 9.59 Å². The molecule has 2 amide bonds. The number of rotatable bonds is 10. The molecule has 0 aromatic carbocycles. The summed E-state index contributed by atoms with van der Waals surface area (Å²) in [4.78, 5) is 52.8. The number of nitrogens with two attached hydrogens (primary N) is 3. The summed E-state index contributed by atoms with van der Waals surface area (Å²) in [6, 6.07) is 0. The molecule has 2 aromatic heterocycles. The Bertz CT molecular complexity index is 1880. The van der Waals surface area contributed by atoms with Crippen LogP contribution < -0.4 is 27.8 Å². The molecular weight excluding hydrogens is 910 g/mol. The van der Waals surface area contributed by atoms with Crippen LogP contribution in [0.1, 0.15) is 109 Å². The predicted molar refractivity (Wildman–Crippen MR) is 243 cm³/mol. The first-order chi connectivity index (χ1) is 30.0. The van der Waals surface area contributed by atoms with Crippen LogP contribution in [0.4, 0.5) is 9.59 Å². The molecule has 4 aliphatic rings. The third-order valence-corrected chi connectivity index (χ3v) is 9.12. The van der Waals surface area contributed by atoms with Crippen LogP contribution in [0.2, 0.25) is 0 Å². The Morgan fingerprint density at radius 3 is 1.42 bits per heavy atom. The average molecular weight is 980 g/mol. The maximum atomic E-state index is 11.5. The Hall–Kier alpha value is -5.25. The van der Waals surface area contributed by atoms with Gasteiger partial charge in [-0.25, -0.2) is 9.59 Å². The van der Waals surface area contributed by atoms with Gasteiger partial charge in [-0.2, -0.15) is 9.97 Å². The average Bonchev–Trinajstić information content (AvgIpc) is 4.10. The Morgan fingerprint density at radius 2 is 1.14 bits per heavy atom. The number of aryl methyl sites for hydroxylation is 2. The molecule has 0 saturated heterocycles. The number of aliphatic hydroxyl groups excluding tert-OH is 1. The van der Waals surface area contributed by atoms with Gasteiger partial charge < -0.3 is 61.0 Å². The Kier molecular flexibility index (Phi) is 29.4. The van der Waals surface area contributed by atoms with E-state index in [9.17, 15) is 19.2 Å². The van der Waals surface area contributed by atoms with E-state index in [4.69, 9.17) is 50.7 Å². The SMILES string of the molecule is CC(N)=NO.COC(=O)C1CC1CN.COC(=O)C1CC1CNC(=O)OC(C)(C)C.Cc1noc(C2CC2CN)n1.Cc1noc(C2CC2CNC(=O)OC(C)(C)C)n1.Cl.Cl.O=BC#CO. The van der Waals surface area contributed by atoms with Gasteiger partial charge in [0.25, 0.3) is 0 Å². The number of carbonyl (C=O) groups excluding carboxylic acids is 4. The number of aliphatic hydroxyl groups is 1. The maximum absolute atomic E-state index is 11.5. The summed E-state index contributed by atoms with van der Waals surface area (Å²) in [5.41, 5.74) is 14.6. The van der Waals surface area contributed by atoms with Crippen molar-refractivity contribution < 1.29 is 62.2 Å². The standard InChI is InChI=1S/C12H19N3O3.C11H19NO4.C7H11N3O.C6H11NO2.C2HBO2.C2H6N2O.2ClH/c1-7-14-10(18-15-7)9-5-8(9)6-13-11(16)17-12(2,3)4;1-11(2,3)16-10(14)12-6-7-5-8(7)9(13)15-4;1-4-9-7(11-10-4)6-2-5(6)3-8;1-9-6(8)5-2-4(5)3-7;4-2-1-3-5;1-2(3)4-5;;/h8-9H,5-6H2,1-4H3,(H,13,16);7-8H,5-6H2,1-4H3,(H,12,14);5-6H,2-3,8H2,1H3;4-5H,2-3,7H2,1H3;4H;5H,1H3,(H2,3,4);2*1H. The van der Waals surface area contributed by atoms with Crippen LogP contribution in [-0.2, 0) is 33.2 Å². The number of hydrogen-bond acceptors (Lipinski definition) is 20. The third kappa shape index (κ3) is 27.3. The van der Waals surface area contributed by atoms with Crippen LogP contribution in [0.3, 0.4) is 0 Å². The number of carbonyl (C=O) groups is 4. The van der Waals surface area contributed by atoms with E-state index >= 15 is 0 Å². The van der Waals surface area contributed by atoms with Gasteiger partial charge in [0.2, 0.25) is 11.8 Å². The van der Waals surface area contributed by atoms with E-state index in [2.05, 4.69) is 45.5 Å². The minimum atomic E-state index is -0.491. The van der Waals surface area contributed by atoms with E-state index < -0.39 is 17.3 Å². The van der Waals surface area contributed by atoms with Crippen LogP contribution in [0.25, 0.3) is 0 Å². The van der Waals surface area contributed by atoms with Gasteiger partial charge in [-0.15, -0.1) is 24.8 Å². The number of hydrogen-bond donors (Lipinski definition) is 7. The summed E-state index contributed by atoms with van der Waals surface area (Å²) >= 11 is 0. The molecular formula is C40H69BCl2N10O13. The van der Waals surface area contributed by atoms with Crippen LogP contribution in [-0.4, -0.2) is 119 Å². The number of amidine groups is 1. The molecule has 8 atom stereocenters. The molecule has 23 nitrogen and oxygen atoms in total. The van der Waals surface area contributed by atoms with Crippen molar-refractivity contribution in [3.8, 4) is 11.9 Å². The van der Waals surface area contributed by atoms with E-state index in [0.29, 0.717) is 68.0 Å². The summed E-state index contributed by atoms with van der Waals surface area (Å²) in [5.74, 6) is 6.73. The number of esters is 2. The predicted octanol–water partition coefficient (Wildman–Crippen LogP) is 3.44. The Balaban J connectivity index is 0. The first kappa shape index (κ1) is 62.8. The van der Waals surface area contributed by atoms with Crippen molar-refractivity contribution in [3.63, 3.8) is 0 Å². The first-order valence-electron chi connectivity index (χ1n) is 20.6. The first-order valence-corrected chi connectivity index (χ1v) is 20.6. The monoisotopic (exact) mass is 978 g/mol. The van der Waals surface area contributed by atoms with Gasteiger partial charge in [0.05, 0.1) is 26.1 Å². The van der Waals surface area contributed by atoms with Crippen LogP contribution in [0, 0.1) is 61.3 Å². The van der Waals surface area contributed by atoms with Gasteiger partial charge >= 0.3 is 53.0 Å². The summed E-state index contributed by atoms with van der Waals surface area (Å²) in [6.07, 6.45) is 4.36. The fourth-order valence-electron chi connectivity index (χ4n) is 5.46. The van der Waals surface area contributed by atoms with Crippen molar-refractivity contribution >= 4 is 61.9 Å². The van der Waals surface area contributed by atoms with E-state index in [1.165, 1.54) is 27.2 Å². The molecule has 66 heavy (non-hydrogen) atoms. The number of methoxy groups -OCH3 is 2. The van der Waals surface area contributed by atoms with Crippen LogP contribution in [0.5, 0.6) is 0 Å². The van der Waals surface area contributed by atoms with E-state index in [0.717, 1.165) is 38.1 Å². The van der Waals surface area contributed by atoms with Crippen molar-refractivity contribution in [2.24, 2.45) is 57.9 Å². The van der Waals surface area contributed by atoms with Crippen molar-refractivity contribution in [2.45, 2.75) is 111 Å². The zero-order valence-electron chi connectivity index (χ0n) is 39.5. The molecule has 10 N–H and O–H groups in total. The number of aromatic nitrogens is 4. The second-order valence-corrected chi connectivity index (χ2v) is 17.2. The molecule has 4 saturated carbocycles. The third-order valence-electron chi connectivity index (χ3n) is 9.12. The molecule has 26 heteroatoms. The van der Waals surface area contributed by atoms with E-state index in [1.807, 2.05) is 27.7 Å². The summed E-state index contributed by atoms with van der Waals surface area (Å²) in [5, 5.41) is 30.5. The number of nitrogens with zero attached hydrogens (tertiary/aromatic N) is 5. The molecule has 2 aromatic rings. The Morgan fingerprint density at radius 1 is 0.758 bits per heavy atom. The van der Waals surface area contributed by atoms with Gasteiger partial charge in [-0.05, 0) is 125 Å². The molecule has 8 unspecified atom stereocenters. The molecule has 2 heterocycles. The van der Waals surface area contributed by atoms with Gasteiger partial charge in [0, 0.05) is 24.9 Å². The van der Waals surface area contributed by atoms with Crippen molar-refractivity contribution in [2.75, 3.05) is 40.4 Å². The van der Waals surface area contributed by atoms with Gasteiger partial charge in [-0.1, -0.05) is 15.5 Å². The van der Waals surface area contributed by atoms with E-state index in [-0.39, 0.29) is 72.4 Å². The molecule has 0 aliphatic heterocycles. The quantitative estimate of drug-likeness (QED) is 0.0262. The molecule has 374 valence electrons. The molecule has 0 spiro atoms. The number of nitrogens with one attached hydrogen (secondary N) is 2. The summed E-state index contributed by atoms with van der Waals surface area (Å²) < 4.78 is 38.5. The molecule has 0 radical (unpaired) electrons. The Labute approximate surface area is 398 Å². The zero-order valence-corrected chi connectivity index (χ0v) is 41.2. The van der Waals surface area contributed by atoms with Crippen LogP contribution in [0.15, 0.2) is 14.2 Å². The molecule has 6 rings (SSSR count). The summed E-state index contributed by atoms with van der Waals surface area (Å²) in [6.45, 7) is 18.5. The second kappa shape index (κ2) is 30.9. The van der Waals surface area contributed by atoms with Crippen molar-refractivity contribution in [1.29, 1.82) is 0 Å². The van der Waals surface area contributed by atoms with Crippen molar-refractivity contribution in [1.82, 2.24) is 30.9 Å². The van der Waals surface area contributed by atoms with Crippen molar-refractivity contribution in [3.05, 3.63) is 23.4 Å². The zero-order chi connectivity index (χ0) is 48.8. The topological polar surface area (TPSA) is 355 Å². The molecule has 0 bridgehead atoms. The minimum absolute atomic E-state index is 0. The fraction of sp³-hybridized carbons (Fsp3) is 0.725. The number of halogens is 2. The normalized spacial score (nSPS) is 22.2. The van der Waals surface area contributed by atoms with Gasteiger partial charge in [0.15, 0.2) is 11.6 Å². The van der Waals surface area contributed by atoms with Gasteiger partial charge in [0.1, 0.15) is 17.0 Å². The molecule has 4 fully saturated rings. The fourth-order valence-corrected chi connectivity index (χ4v) is 5.46. The number of oxime groups is 1. The number of amides is 2. The number of ether oxygens (including phenoxy) is 4. The molecule has 4 aliphatic carbocycles. The number of alkyl carbamates (subject to hydrolysis) is 2.